The zero-order chi connectivity index (χ0) is 18.0. The highest BCUT2D eigenvalue weighted by Crippen LogP contribution is 2.16. The molecule has 3 rings (SSSR count). The predicted octanol–water partition coefficient (Wildman–Crippen LogP) is 1.34. The van der Waals surface area contributed by atoms with Crippen LogP contribution in [0, 0.1) is 13.8 Å². The highest BCUT2D eigenvalue weighted by Gasteiger charge is 2.30. The average Bonchev–Trinajstić information content (AvgIpc) is 3.08. The second-order valence-electron chi connectivity index (χ2n) is 6.48. The standard InChI is InChI=1S/C17H23N5O3/c1-11-7-9-21(3)15(11)16(23)19-13-6-4-5-8-22(17(13)24)10-14-18-12(2)20-25-14/h7,9,13H,4-6,8,10H2,1-3H3,(H,19,23). The van der Waals surface area contributed by atoms with E-state index in [1.54, 1.807) is 16.4 Å². The number of rotatable bonds is 4. The van der Waals surface area contributed by atoms with Crippen LogP contribution in [0.1, 0.15) is 47.0 Å². The lowest BCUT2D eigenvalue weighted by molar-refractivity contribution is -0.133. The van der Waals surface area contributed by atoms with E-state index in [0.717, 1.165) is 18.4 Å². The molecule has 0 bridgehead atoms. The molecular formula is C17H23N5O3. The van der Waals surface area contributed by atoms with Gasteiger partial charge in [-0.15, -0.1) is 0 Å². The van der Waals surface area contributed by atoms with E-state index in [-0.39, 0.29) is 18.4 Å². The number of hydrogen-bond acceptors (Lipinski definition) is 5. The maximum absolute atomic E-state index is 12.8. The third kappa shape index (κ3) is 3.72. The van der Waals surface area contributed by atoms with E-state index in [2.05, 4.69) is 15.5 Å². The number of likely N-dealkylation sites (tertiary alicyclic amines) is 1. The lowest BCUT2D eigenvalue weighted by atomic mass is 10.1. The molecule has 8 nitrogen and oxygen atoms in total. The lowest BCUT2D eigenvalue weighted by Gasteiger charge is -2.23. The minimum Gasteiger partial charge on any atom is -0.346 e. The summed E-state index contributed by atoms with van der Waals surface area (Å²) in [5, 5.41) is 6.65. The first-order valence-electron chi connectivity index (χ1n) is 8.46. The Balaban J connectivity index is 1.72. The molecule has 1 saturated heterocycles. The summed E-state index contributed by atoms with van der Waals surface area (Å²) in [6, 6.07) is 1.35. The number of aryl methyl sites for hydroxylation is 3. The first kappa shape index (κ1) is 17.2. The van der Waals surface area contributed by atoms with E-state index >= 15 is 0 Å². The summed E-state index contributed by atoms with van der Waals surface area (Å²) < 4.78 is 6.89. The molecule has 1 atom stereocenters. The van der Waals surface area contributed by atoms with Crippen LogP contribution >= 0.6 is 0 Å². The lowest BCUT2D eigenvalue weighted by Crippen LogP contribution is -2.47. The molecule has 25 heavy (non-hydrogen) atoms. The van der Waals surface area contributed by atoms with Crippen molar-refractivity contribution in [3.8, 4) is 0 Å². The van der Waals surface area contributed by atoms with Gasteiger partial charge in [-0.1, -0.05) is 5.16 Å². The van der Waals surface area contributed by atoms with Gasteiger partial charge in [0.1, 0.15) is 18.3 Å². The van der Waals surface area contributed by atoms with Gasteiger partial charge >= 0.3 is 0 Å². The molecule has 1 unspecified atom stereocenters. The first-order chi connectivity index (χ1) is 12.0. The summed E-state index contributed by atoms with van der Waals surface area (Å²) in [5.74, 6) is 0.629. The number of nitrogens with zero attached hydrogens (tertiary/aromatic N) is 4. The Hall–Kier alpha value is -2.64. The van der Waals surface area contributed by atoms with Crippen LogP contribution in [0.2, 0.25) is 0 Å². The van der Waals surface area contributed by atoms with E-state index < -0.39 is 6.04 Å². The Labute approximate surface area is 146 Å². The van der Waals surface area contributed by atoms with Gasteiger partial charge in [0.15, 0.2) is 5.82 Å². The van der Waals surface area contributed by atoms with Crippen molar-refractivity contribution >= 4 is 11.8 Å². The van der Waals surface area contributed by atoms with E-state index in [9.17, 15) is 9.59 Å². The number of aromatic nitrogens is 3. The van der Waals surface area contributed by atoms with Crippen LogP contribution in [0.5, 0.6) is 0 Å². The highest BCUT2D eigenvalue weighted by atomic mass is 16.5. The molecule has 0 spiro atoms. The molecule has 2 aromatic rings. The van der Waals surface area contributed by atoms with Crippen LogP contribution in [0.4, 0.5) is 0 Å². The maximum atomic E-state index is 12.8. The fourth-order valence-electron chi connectivity index (χ4n) is 3.18. The molecular weight excluding hydrogens is 322 g/mol. The number of amides is 2. The zero-order valence-electron chi connectivity index (χ0n) is 14.8. The summed E-state index contributed by atoms with van der Waals surface area (Å²) in [6.45, 7) is 4.52. The summed E-state index contributed by atoms with van der Waals surface area (Å²) in [4.78, 5) is 31.3. The van der Waals surface area contributed by atoms with E-state index in [1.165, 1.54) is 0 Å². The molecule has 1 fully saturated rings. The topological polar surface area (TPSA) is 93.3 Å². The molecule has 0 aromatic carbocycles. The highest BCUT2D eigenvalue weighted by molar-refractivity contribution is 5.97. The molecule has 2 aromatic heterocycles. The third-order valence-corrected chi connectivity index (χ3v) is 4.47. The molecule has 3 heterocycles. The van der Waals surface area contributed by atoms with Crippen molar-refractivity contribution in [3.05, 3.63) is 35.2 Å². The summed E-state index contributed by atoms with van der Waals surface area (Å²) in [6.07, 6.45) is 4.23. The van der Waals surface area contributed by atoms with Crippen LogP contribution in [0.25, 0.3) is 0 Å². The average molecular weight is 345 g/mol. The Morgan fingerprint density at radius 3 is 2.84 bits per heavy atom. The van der Waals surface area contributed by atoms with Crippen LogP contribution < -0.4 is 5.32 Å². The molecule has 2 amide bonds. The quantitative estimate of drug-likeness (QED) is 0.902. The fraction of sp³-hybridized carbons (Fsp3) is 0.529. The van der Waals surface area contributed by atoms with Crippen molar-refractivity contribution in [2.24, 2.45) is 7.05 Å². The summed E-state index contributed by atoms with van der Waals surface area (Å²) in [7, 11) is 1.82. The minimum atomic E-state index is -0.534. The van der Waals surface area contributed by atoms with Gasteiger partial charge in [-0.3, -0.25) is 9.59 Å². The van der Waals surface area contributed by atoms with Gasteiger partial charge < -0.3 is 19.3 Å². The Morgan fingerprint density at radius 2 is 2.20 bits per heavy atom. The van der Waals surface area contributed by atoms with E-state index in [1.807, 2.05) is 26.2 Å². The van der Waals surface area contributed by atoms with Crippen molar-refractivity contribution < 1.29 is 14.1 Å². The summed E-state index contributed by atoms with van der Waals surface area (Å²) in [5.41, 5.74) is 1.47. The van der Waals surface area contributed by atoms with Crippen molar-refractivity contribution in [3.63, 3.8) is 0 Å². The van der Waals surface area contributed by atoms with E-state index in [4.69, 9.17) is 4.52 Å². The molecule has 0 radical (unpaired) electrons. The van der Waals surface area contributed by atoms with Gasteiger partial charge in [-0.25, -0.2) is 0 Å². The Morgan fingerprint density at radius 1 is 1.40 bits per heavy atom. The van der Waals surface area contributed by atoms with Gasteiger partial charge in [-0.2, -0.15) is 4.98 Å². The molecule has 8 heteroatoms. The van der Waals surface area contributed by atoms with Crippen molar-refractivity contribution in [2.75, 3.05) is 6.54 Å². The minimum absolute atomic E-state index is 0.103. The molecule has 1 aliphatic rings. The maximum Gasteiger partial charge on any atom is 0.268 e. The normalized spacial score (nSPS) is 18.3. The molecule has 0 saturated carbocycles. The molecule has 1 N–H and O–H groups in total. The van der Waals surface area contributed by atoms with Crippen LogP contribution in [-0.4, -0.2) is 44.0 Å². The third-order valence-electron chi connectivity index (χ3n) is 4.47. The van der Waals surface area contributed by atoms with E-state index in [0.29, 0.717) is 30.4 Å². The van der Waals surface area contributed by atoms with Crippen molar-refractivity contribution in [1.29, 1.82) is 0 Å². The molecule has 1 aliphatic heterocycles. The summed E-state index contributed by atoms with van der Waals surface area (Å²) >= 11 is 0. The van der Waals surface area contributed by atoms with Crippen molar-refractivity contribution in [1.82, 2.24) is 24.9 Å². The first-order valence-corrected chi connectivity index (χ1v) is 8.46. The Kier molecular flexibility index (Phi) is 4.87. The second kappa shape index (κ2) is 7.08. The molecule has 0 aliphatic carbocycles. The monoisotopic (exact) mass is 345 g/mol. The number of carbonyl (C=O) groups is 2. The fourth-order valence-corrected chi connectivity index (χ4v) is 3.18. The van der Waals surface area contributed by atoms with Gasteiger partial charge in [0.25, 0.3) is 5.91 Å². The number of carbonyl (C=O) groups excluding carboxylic acids is 2. The van der Waals surface area contributed by atoms with Crippen LogP contribution in [0.3, 0.4) is 0 Å². The van der Waals surface area contributed by atoms with Gasteiger partial charge in [0.2, 0.25) is 11.8 Å². The number of hydrogen-bond donors (Lipinski definition) is 1. The smallest absolute Gasteiger partial charge is 0.268 e. The molecule has 134 valence electrons. The van der Waals surface area contributed by atoms with Crippen molar-refractivity contribution in [2.45, 2.75) is 45.7 Å². The number of nitrogens with one attached hydrogen (secondary N) is 1. The SMILES string of the molecule is Cc1noc(CN2CCCCC(NC(=O)c3c(C)ccn3C)C2=O)n1. The zero-order valence-corrected chi connectivity index (χ0v) is 14.8. The predicted molar refractivity (Wildman–Crippen MR) is 89.7 cm³/mol. The largest absolute Gasteiger partial charge is 0.346 e. The van der Waals surface area contributed by atoms with Crippen LogP contribution in [-0.2, 0) is 18.4 Å². The van der Waals surface area contributed by atoms with Crippen LogP contribution in [0.15, 0.2) is 16.8 Å². The van der Waals surface area contributed by atoms with Gasteiger partial charge in [-0.05, 0) is 44.7 Å². The van der Waals surface area contributed by atoms with Gasteiger partial charge in [0, 0.05) is 19.8 Å². The van der Waals surface area contributed by atoms with Gasteiger partial charge in [0.05, 0.1) is 0 Å². The second-order valence-corrected chi connectivity index (χ2v) is 6.48. The Bertz CT molecular complexity index is 760.